The summed E-state index contributed by atoms with van der Waals surface area (Å²) in [5.41, 5.74) is 2.02. The molecule has 0 saturated carbocycles. The Bertz CT molecular complexity index is 811. The molecule has 4 rings (SSSR count). The second kappa shape index (κ2) is 7.03. The highest BCUT2D eigenvalue weighted by atomic mass is 19.1. The Hall–Kier alpha value is -2.73. The van der Waals surface area contributed by atoms with Crippen LogP contribution in [0.3, 0.4) is 0 Å². The van der Waals surface area contributed by atoms with Crippen LogP contribution in [0.15, 0.2) is 59.1 Å². The minimum Gasteiger partial charge on any atom is -0.369 e. The monoisotopic (exact) mass is 338 g/mol. The molecule has 1 saturated heterocycles. The van der Waals surface area contributed by atoms with Crippen molar-refractivity contribution in [1.82, 2.24) is 15.0 Å². The van der Waals surface area contributed by atoms with Crippen LogP contribution in [-0.2, 0) is 6.54 Å². The van der Waals surface area contributed by atoms with Crippen molar-refractivity contribution in [3.63, 3.8) is 0 Å². The molecule has 0 atom stereocenters. The average molecular weight is 338 g/mol. The van der Waals surface area contributed by atoms with Gasteiger partial charge in [-0.2, -0.15) is 4.98 Å². The Morgan fingerprint density at radius 2 is 1.64 bits per heavy atom. The fourth-order valence-electron chi connectivity index (χ4n) is 3.03. The van der Waals surface area contributed by atoms with Crippen molar-refractivity contribution in [3.05, 3.63) is 66.3 Å². The third kappa shape index (κ3) is 3.69. The van der Waals surface area contributed by atoms with Crippen molar-refractivity contribution in [3.8, 4) is 11.4 Å². The second-order valence-corrected chi connectivity index (χ2v) is 6.12. The first-order valence-electron chi connectivity index (χ1n) is 8.39. The van der Waals surface area contributed by atoms with Crippen molar-refractivity contribution in [2.24, 2.45) is 0 Å². The molecule has 128 valence electrons. The van der Waals surface area contributed by atoms with Gasteiger partial charge in [-0.25, -0.2) is 4.39 Å². The lowest BCUT2D eigenvalue weighted by molar-refractivity contribution is 0.215. The van der Waals surface area contributed by atoms with Gasteiger partial charge < -0.3 is 9.42 Å². The number of nitrogens with zero attached hydrogens (tertiary/aromatic N) is 4. The number of aromatic nitrogens is 2. The molecular weight excluding hydrogens is 319 g/mol. The summed E-state index contributed by atoms with van der Waals surface area (Å²) in [6.07, 6.45) is 0. The van der Waals surface area contributed by atoms with Gasteiger partial charge in [0.1, 0.15) is 5.82 Å². The van der Waals surface area contributed by atoms with Crippen molar-refractivity contribution in [2.45, 2.75) is 6.54 Å². The summed E-state index contributed by atoms with van der Waals surface area (Å²) in [4.78, 5) is 9.12. The minimum absolute atomic E-state index is 0.274. The summed E-state index contributed by atoms with van der Waals surface area (Å²) < 4.78 is 18.3. The number of rotatable bonds is 4. The highest BCUT2D eigenvalue weighted by Crippen LogP contribution is 2.19. The zero-order valence-electron chi connectivity index (χ0n) is 13.8. The van der Waals surface area contributed by atoms with Gasteiger partial charge in [-0.15, -0.1) is 0 Å². The van der Waals surface area contributed by atoms with Crippen LogP contribution in [0.1, 0.15) is 5.89 Å². The van der Waals surface area contributed by atoms with Crippen LogP contribution in [0, 0.1) is 5.82 Å². The van der Waals surface area contributed by atoms with Gasteiger partial charge in [0.25, 0.3) is 0 Å². The summed E-state index contributed by atoms with van der Waals surface area (Å²) in [6.45, 7) is 4.48. The van der Waals surface area contributed by atoms with Crippen LogP contribution in [-0.4, -0.2) is 41.2 Å². The first-order chi connectivity index (χ1) is 12.3. The number of para-hydroxylation sites is 1. The highest BCUT2D eigenvalue weighted by molar-refractivity contribution is 5.53. The van der Waals surface area contributed by atoms with Crippen LogP contribution in [0.5, 0.6) is 0 Å². The predicted octanol–water partition coefficient (Wildman–Crippen LogP) is 3.20. The maximum absolute atomic E-state index is 13.0. The van der Waals surface area contributed by atoms with Crippen LogP contribution >= 0.6 is 0 Å². The van der Waals surface area contributed by atoms with E-state index in [1.165, 1.54) is 17.8 Å². The molecule has 0 aliphatic carbocycles. The minimum atomic E-state index is -0.274. The van der Waals surface area contributed by atoms with E-state index in [4.69, 9.17) is 4.52 Å². The average Bonchev–Trinajstić information content (AvgIpc) is 3.12. The molecule has 0 amide bonds. The molecule has 1 aliphatic rings. The van der Waals surface area contributed by atoms with Gasteiger partial charge in [-0.05, 0) is 36.4 Å². The quantitative estimate of drug-likeness (QED) is 0.731. The topological polar surface area (TPSA) is 45.4 Å². The molecule has 2 heterocycles. The highest BCUT2D eigenvalue weighted by Gasteiger charge is 2.19. The Morgan fingerprint density at radius 1 is 0.920 bits per heavy atom. The van der Waals surface area contributed by atoms with E-state index in [9.17, 15) is 4.39 Å². The molecule has 3 aromatic rings. The SMILES string of the molecule is Fc1ccc(-c2noc(CN3CCN(c4ccccc4)CC3)n2)cc1. The molecule has 0 N–H and O–H groups in total. The number of hydrogen-bond acceptors (Lipinski definition) is 5. The molecule has 0 radical (unpaired) electrons. The van der Waals surface area contributed by atoms with Crippen molar-refractivity contribution in [2.75, 3.05) is 31.1 Å². The van der Waals surface area contributed by atoms with E-state index in [0.29, 0.717) is 18.3 Å². The predicted molar refractivity (Wildman–Crippen MR) is 93.6 cm³/mol. The number of benzene rings is 2. The first kappa shape index (κ1) is 15.8. The van der Waals surface area contributed by atoms with Gasteiger partial charge >= 0.3 is 0 Å². The van der Waals surface area contributed by atoms with E-state index in [1.807, 2.05) is 6.07 Å². The Morgan fingerprint density at radius 3 is 2.36 bits per heavy atom. The number of piperazine rings is 1. The zero-order chi connectivity index (χ0) is 17.1. The maximum atomic E-state index is 13.0. The number of hydrogen-bond donors (Lipinski definition) is 0. The molecule has 1 fully saturated rings. The first-order valence-corrected chi connectivity index (χ1v) is 8.39. The molecular formula is C19H19FN4O. The zero-order valence-corrected chi connectivity index (χ0v) is 13.8. The summed E-state index contributed by atoms with van der Waals surface area (Å²) >= 11 is 0. The van der Waals surface area contributed by atoms with Crippen LogP contribution < -0.4 is 4.90 Å². The molecule has 0 spiro atoms. The maximum Gasteiger partial charge on any atom is 0.241 e. The molecule has 6 heteroatoms. The molecule has 25 heavy (non-hydrogen) atoms. The van der Waals surface area contributed by atoms with E-state index < -0.39 is 0 Å². The summed E-state index contributed by atoms with van der Waals surface area (Å²) in [6, 6.07) is 16.6. The third-order valence-corrected chi connectivity index (χ3v) is 4.42. The second-order valence-electron chi connectivity index (χ2n) is 6.12. The fourth-order valence-corrected chi connectivity index (χ4v) is 3.03. The lowest BCUT2D eigenvalue weighted by Crippen LogP contribution is -2.46. The normalized spacial score (nSPS) is 15.5. The smallest absolute Gasteiger partial charge is 0.241 e. The van der Waals surface area contributed by atoms with E-state index in [-0.39, 0.29) is 5.82 Å². The standard InChI is InChI=1S/C19H19FN4O/c20-16-8-6-15(7-9-16)19-21-18(25-22-19)14-23-10-12-24(13-11-23)17-4-2-1-3-5-17/h1-9H,10-14H2. The van der Waals surface area contributed by atoms with Crippen LogP contribution in [0.25, 0.3) is 11.4 Å². The van der Waals surface area contributed by atoms with E-state index in [1.54, 1.807) is 12.1 Å². The van der Waals surface area contributed by atoms with Crippen LogP contribution in [0.2, 0.25) is 0 Å². The van der Waals surface area contributed by atoms with E-state index in [2.05, 4.69) is 44.2 Å². The summed E-state index contributed by atoms with van der Waals surface area (Å²) in [5.74, 6) is 0.814. The summed E-state index contributed by atoms with van der Waals surface area (Å²) in [5, 5.41) is 4.00. The van der Waals surface area contributed by atoms with Gasteiger partial charge in [-0.1, -0.05) is 23.4 Å². The molecule has 2 aromatic carbocycles. The number of anilines is 1. The van der Waals surface area contributed by atoms with Crippen molar-refractivity contribution < 1.29 is 8.91 Å². The van der Waals surface area contributed by atoms with Gasteiger partial charge in [-0.3, -0.25) is 4.90 Å². The Kier molecular flexibility index (Phi) is 4.43. The van der Waals surface area contributed by atoms with Gasteiger partial charge in [0.2, 0.25) is 11.7 Å². The molecule has 5 nitrogen and oxygen atoms in total. The van der Waals surface area contributed by atoms with Gasteiger partial charge in [0.05, 0.1) is 6.54 Å². The van der Waals surface area contributed by atoms with E-state index in [0.717, 1.165) is 31.7 Å². The van der Waals surface area contributed by atoms with Crippen LogP contribution in [0.4, 0.5) is 10.1 Å². The van der Waals surface area contributed by atoms with Crippen molar-refractivity contribution in [1.29, 1.82) is 0 Å². The van der Waals surface area contributed by atoms with Gasteiger partial charge in [0.15, 0.2) is 0 Å². The van der Waals surface area contributed by atoms with Crippen molar-refractivity contribution >= 4 is 5.69 Å². The molecule has 1 aromatic heterocycles. The molecule has 0 bridgehead atoms. The Labute approximate surface area is 145 Å². The fraction of sp³-hybridized carbons (Fsp3) is 0.263. The summed E-state index contributed by atoms with van der Waals surface area (Å²) in [7, 11) is 0. The van der Waals surface area contributed by atoms with Gasteiger partial charge in [0, 0.05) is 37.4 Å². The third-order valence-electron chi connectivity index (χ3n) is 4.42. The molecule has 0 unspecified atom stereocenters. The lowest BCUT2D eigenvalue weighted by atomic mass is 10.2. The molecule has 1 aliphatic heterocycles. The Balaban J connectivity index is 1.35. The number of halogens is 1. The largest absolute Gasteiger partial charge is 0.369 e. The van der Waals surface area contributed by atoms with E-state index >= 15 is 0 Å². The lowest BCUT2D eigenvalue weighted by Gasteiger charge is -2.35.